The summed E-state index contributed by atoms with van der Waals surface area (Å²) in [5.41, 5.74) is 1.59. The number of cyclic esters (lactones) is 1. The van der Waals surface area contributed by atoms with Crippen LogP contribution in [0.1, 0.15) is 29.3 Å². The highest BCUT2D eigenvalue weighted by Crippen LogP contribution is 2.36. The lowest BCUT2D eigenvalue weighted by molar-refractivity contribution is 0.0535. The van der Waals surface area contributed by atoms with E-state index in [2.05, 4.69) is 9.71 Å². The Balaban J connectivity index is 2.42. The third-order valence-corrected chi connectivity index (χ3v) is 5.60. The predicted molar refractivity (Wildman–Crippen MR) is 96.0 cm³/mol. The van der Waals surface area contributed by atoms with Gasteiger partial charge in [0.1, 0.15) is 11.0 Å². The Labute approximate surface area is 144 Å². The van der Waals surface area contributed by atoms with Gasteiger partial charge in [-0.25, -0.2) is 13.2 Å². The number of esters is 1. The maximum Gasteiger partial charge on any atom is 0.338 e. The molecule has 9 heteroatoms. The highest BCUT2D eigenvalue weighted by Gasteiger charge is 2.24. The number of rotatable bonds is 5. The minimum atomic E-state index is -3.43. The average Bonchev–Trinajstić information content (AvgIpc) is 2.82. The van der Waals surface area contributed by atoms with Gasteiger partial charge in [-0.05, 0) is 24.8 Å². The lowest BCUT2D eigenvalue weighted by atomic mass is 10.1. The maximum absolute atomic E-state index is 11.7. The summed E-state index contributed by atoms with van der Waals surface area (Å²) in [7, 11) is -3.43. The van der Waals surface area contributed by atoms with Crippen molar-refractivity contribution in [1.82, 2.24) is 0 Å². The first kappa shape index (κ1) is 18.2. The molecule has 0 aliphatic carbocycles. The Hall–Kier alpha value is -1.19. The van der Waals surface area contributed by atoms with E-state index in [-0.39, 0.29) is 12.6 Å². The zero-order valence-corrected chi connectivity index (χ0v) is 15.5. The molecule has 0 saturated carbocycles. The van der Waals surface area contributed by atoms with Gasteiger partial charge in [0.25, 0.3) is 0 Å². The summed E-state index contributed by atoms with van der Waals surface area (Å²) in [5, 5.41) is 0. The summed E-state index contributed by atoms with van der Waals surface area (Å²) in [6, 6.07) is 3.32. The first-order valence-electron chi connectivity index (χ1n) is 6.92. The predicted octanol–water partition coefficient (Wildman–Crippen LogP) is 2.95. The normalized spacial score (nSPS) is 14.6. The number of aliphatic imine (C=N–C) groups is 1. The summed E-state index contributed by atoms with van der Waals surface area (Å²) in [4.78, 5) is 16.8. The van der Waals surface area contributed by atoms with Gasteiger partial charge in [0.15, 0.2) is 0 Å². The second kappa shape index (κ2) is 7.59. The van der Waals surface area contributed by atoms with Crippen LogP contribution in [0, 0.1) is 0 Å². The molecule has 0 unspecified atom stereocenters. The number of anilines is 1. The second-order valence-corrected chi connectivity index (χ2v) is 8.74. The summed E-state index contributed by atoms with van der Waals surface area (Å²) in [6.45, 7) is 2.90. The van der Waals surface area contributed by atoms with Gasteiger partial charge in [-0.3, -0.25) is 9.71 Å². The Kier molecular flexibility index (Phi) is 5.99. The van der Waals surface area contributed by atoms with Crippen molar-refractivity contribution in [2.24, 2.45) is 4.99 Å². The minimum Gasteiger partial charge on any atom is -0.457 e. The number of thioether (sulfide) groups is 2. The van der Waals surface area contributed by atoms with Crippen molar-refractivity contribution < 1.29 is 17.9 Å². The molecule has 6 nitrogen and oxygen atoms in total. The monoisotopic (exact) mass is 374 g/mol. The number of nitrogens with zero attached hydrogens (tertiary/aromatic N) is 1. The molecule has 0 spiro atoms. The fourth-order valence-electron chi connectivity index (χ4n) is 1.95. The molecule has 1 aromatic rings. The Bertz CT molecular complexity index is 745. The second-order valence-electron chi connectivity index (χ2n) is 4.91. The summed E-state index contributed by atoms with van der Waals surface area (Å²) in [6.07, 6.45) is 3.93. The highest BCUT2D eigenvalue weighted by molar-refractivity contribution is 8.38. The SMILES string of the molecule is CCCN=C(SC)Sc1cc2c(cc1NS(C)(=O)=O)COC2=O. The molecule has 0 fully saturated rings. The van der Waals surface area contributed by atoms with Gasteiger partial charge in [-0.1, -0.05) is 18.7 Å². The molecule has 0 amide bonds. The molecule has 0 atom stereocenters. The van der Waals surface area contributed by atoms with Crippen LogP contribution in [0.5, 0.6) is 0 Å². The molecule has 0 radical (unpaired) electrons. The van der Waals surface area contributed by atoms with Crippen LogP contribution in [0.3, 0.4) is 0 Å². The minimum absolute atomic E-state index is 0.164. The number of carbonyl (C=O) groups excluding carboxylic acids is 1. The lowest BCUT2D eigenvalue weighted by Gasteiger charge is -2.12. The fraction of sp³-hybridized carbons (Fsp3) is 0.429. The molecule has 1 aromatic carbocycles. The Morgan fingerprint density at radius 2 is 2.17 bits per heavy atom. The van der Waals surface area contributed by atoms with Crippen molar-refractivity contribution in [2.75, 3.05) is 23.8 Å². The van der Waals surface area contributed by atoms with Gasteiger partial charge >= 0.3 is 5.97 Å². The molecule has 2 rings (SSSR count). The molecule has 0 bridgehead atoms. The maximum atomic E-state index is 11.7. The summed E-state index contributed by atoms with van der Waals surface area (Å²) >= 11 is 2.83. The zero-order chi connectivity index (χ0) is 17.0. The van der Waals surface area contributed by atoms with E-state index in [1.807, 2.05) is 13.2 Å². The van der Waals surface area contributed by atoms with E-state index in [1.165, 1.54) is 23.5 Å². The molecule has 23 heavy (non-hydrogen) atoms. The van der Waals surface area contributed by atoms with E-state index in [4.69, 9.17) is 4.74 Å². The van der Waals surface area contributed by atoms with Gasteiger partial charge in [0.05, 0.1) is 17.5 Å². The first-order valence-corrected chi connectivity index (χ1v) is 10.9. The van der Waals surface area contributed by atoms with Crippen LogP contribution in [0.4, 0.5) is 5.69 Å². The smallest absolute Gasteiger partial charge is 0.338 e. The molecule has 0 saturated heterocycles. The average molecular weight is 375 g/mol. The number of fused-ring (bicyclic) bond motifs is 1. The van der Waals surface area contributed by atoms with Gasteiger partial charge < -0.3 is 4.74 Å². The van der Waals surface area contributed by atoms with Gasteiger partial charge in [0.2, 0.25) is 10.0 Å². The van der Waals surface area contributed by atoms with Crippen molar-refractivity contribution in [2.45, 2.75) is 24.8 Å². The van der Waals surface area contributed by atoms with Crippen molar-refractivity contribution in [3.63, 3.8) is 0 Å². The van der Waals surface area contributed by atoms with Crippen LogP contribution < -0.4 is 4.72 Å². The Morgan fingerprint density at radius 1 is 1.43 bits per heavy atom. The molecular formula is C14H18N2O4S3. The topological polar surface area (TPSA) is 84.8 Å². The van der Waals surface area contributed by atoms with Gasteiger partial charge in [-0.15, -0.1) is 11.8 Å². The van der Waals surface area contributed by atoms with Crippen LogP contribution in [-0.4, -0.2) is 37.8 Å². The standard InChI is InChI=1S/C14H18N2O4S3/c1-4-5-15-14(21-2)22-12-7-10-9(8-20-13(10)17)6-11(12)16-23(3,18)19/h6-7,16H,4-5,8H2,1-3H3. The molecule has 1 heterocycles. The van der Waals surface area contributed by atoms with Crippen molar-refractivity contribution in [3.05, 3.63) is 23.3 Å². The van der Waals surface area contributed by atoms with Gasteiger partial charge in [-0.2, -0.15) is 0 Å². The van der Waals surface area contributed by atoms with Crippen LogP contribution in [0.15, 0.2) is 22.0 Å². The van der Waals surface area contributed by atoms with Crippen LogP contribution in [0.25, 0.3) is 0 Å². The van der Waals surface area contributed by atoms with Gasteiger partial charge in [0, 0.05) is 17.0 Å². The molecular weight excluding hydrogens is 356 g/mol. The number of ether oxygens (including phenoxy) is 1. The number of hydrogen-bond acceptors (Lipinski definition) is 7. The Morgan fingerprint density at radius 3 is 2.78 bits per heavy atom. The molecule has 1 aliphatic heterocycles. The third kappa shape index (κ3) is 4.89. The van der Waals surface area contributed by atoms with E-state index in [0.29, 0.717) is 28.3 Å². The van der Waals surface area contributed by atoms with Crippen LogP contribution in [0.2, 0.25) is 0 Å². The van der Waals surface area contributed by atoms with E-state index in [0.717, 1.165) is 17.1 Å². The van der Waals surface area contributed by atoms with E-state index < -0.39 is 10.0 Å². The van der Waals surface area contributed by atoms with Crippen molar-refractivity contribution >= 4 is 49.6 Å². The van der Waals surface area contributed by atoms with Crippen molar-refractivity contribution in [1.29, 1.82) is 0 Å². The highest BCUT2D eigenvalue weighted by atomic mass is 32.2. The lowest BCUT2D eigenvalue weighted by Crippen LogP contribution is -2.11. The van der Waals surface area contributed by atoms with Crippen LogP contribution in [-0.2, 0) is 21.4 Å². The van der Waals surface area contributed by atoms with E-state index in [1.54, 1.807) is 12.1 Å². The number of hydrogen-bond donors (Lipinski definition) is 1. The molecule has 126 valence electrons. The summed E-state index contributed by atoms with van der Waals surface area (Å²) < 4.78 is 31.5. The number of carbonyl (C=O) groups is 1. The van der Waals surface area contributed by atoms with Crippen LogP contribution >= 0.6 is 23.5 Å². The molecule has 0 aromatic heterocycles. The van der Waals surface area contributed by atoms with Crippen molar-refractivity contribution in [3.8, 4) is 0 Å². The third-order valence-electron chi connectivity index (χ3n) is 2.92. The largest absolute Gasteiger partial charge is 0.457 e. The molecule has 1 aliphatic rings. The fourth-order valence-corrected chi connectivity index (χ4v) is 4.15. The number of benzene rings is 1. The zero-order valence-electron chi connectivity index (χ0n) is 13.1. The molecule has 1 N–H and O–H groups in total. The summed E-state index contributed by atoms with van der Waals surface area (Å²) in [5.74, 6) is -0.385. The number of nitrogens with one attached hydrogen (secondary N) is 1. The van der Waals surface area contributed by atoms with E-state index >= 15 is 0 Å². The quantitative estimate of drug-likeness (QED) is 0.369. The number of sulfonamides is 1. The first-order chi connectivity index (χ1) is 10.8. The van der Waals surface area contributed by atoms with E-state index in [9.17, 15) is 13.2 Å².